The zero-order valence-electron chi connectivity index (χ0n) is 11.8. The lowest BCUT2D eigenvalue weighted by Gasteiger charge is -2.07. The molecule has 0 aliphatic carbocycles. The molecule has 1 amide bonds. The maximum absolute atomic E-state index is 10.7. The van der Waals surface area contributed by atoms with E-state index in [-0.39, 0.29) is 0 Å². The van der Waals surface area contributed by atoms with E-state index in [0.717, 1.165) is 24.1 Å². The third-order valence-electron chi connectivity index (χ3n) is 2.34. The Morgan fingerprint density at radius 2 is 2.10 bits per heavy atom. The van der Waals surface area contributed by atoms with E-state index in [2.05, 4.69) is 33.9 Å². The second kappa shape index (κ2) is 14.0. The molecule has 0 saturated carbocycles. The van der Waals surface area contributed by atoms with Crippen molar-refractivity contribution in [2.24, 2.45) is 0 Å². The summed E-state index contributed by atoms with van der Waals surface area (Å²) in [5.41, 5.74) is 1.66. The summed E-state index contributed by atoms with van der Waals surface area (Å²) in [7, 11) is 1.61. The van der Waals surface area contributed by atoms with Gasteiger partial charge in [-0.05, 0) is 24.5 Å². The van der Waals surface area contributed by atoms with E-state index in [4.69, 9.17) is 4.74 Å². The van der Waals surface area contributed by atoms with Gasteiger partial charge >= 0.3 is 0 Å². The average Bonchev–Trinajstić information content (AvgIpc) is 2.46. The highest BCUT2D eigenvalue weighted by molar-refractivity contribution is 9.09. The number of allylic oxidation sites excluding steroid dienone is 6. The van der Waals surface area contributed by atoms with Crippen LogP contribution in [0.2, 0.25) is 0 Å². The van der Waals surface area contributed by atoms with Gasteiger partial charge in [0.25, 0.3) is 0 Å². The molecule has 0 atom stereocenters. The molecule has 0 radical (unpaired) electrons. The highest BCUT2D eigenvalue weighted by Crippen LogP contribution is 2.10. The van der Waals surface area contributed by atoms with E-state index in [9.17, 15) is 4.79 Å². The number of methoxy groups -OCH3 is 1. The van der Waals surface area contributed by atoms with Crippen LogP contribution in [0.5, 0.6) is 0 Å². The van der Waals surface area contributed by atoms with E-state index in [1.165, 1.54) is 0 Å². The Morgan fingerprint density at radius 1 is 1.30 bits per heavy atom. The zero-order chi connectivity index (χ0) is 15.1. The van der Waals surface area contributed by atoms with E-state index < -0.39 is 0 Å². The van der Waals surface area contributed by atoms with Crippen LogP contribution in [-0.2, 0) is 9.53 Å². The quantitative estimate of drug-likeness (QED) is 0.205. The van der Waals surface area contributed by atoms with Gasteiger partial charge < -0.3 is 10.1 Å². The lowest BCUT2D eigenvalue weighted by molar-refractivity contribution is -0.108. The van der Waals surface area contributed by atoms with Crippen LogP contribution in [0.25, 0.3) is 0 Å². The number of ether oxygens (including phenoxy) is 1. The number of carbonyl (C=O) groups excluding carboxylic acids is 1. The molecule has 0 aromatic heterocycles. The molecule has 0 aliphatic heterocycles. The van der Waals surface area contributed by atoms with Crippen LogP contribution in [0.4, 0.5) is 0 Å². The first-order valence-electron chi connectivity index (χ1n) is 6.40. The predicted octanol–water partition coefficient (Wildman–Crippen LogP) is 3.66. The van der Waals surface area contributed by atoms with E-state index in [0.29, 0.717) is 18.3 Å². The smallest absolute Gasteiger partial charge is 0.211 e. The summed E-state index contributed by atoms with van der Waals surface area (Å²) in [5, 5.41) is 3.39. The number of unbranched alkanes of at least 4 members (excludes halogenated alkanes) is 1. The van der Waals surface area contributed by atoms with Gasteiger partial charge in [0.05, 0.1) is 6.61 Å². The molecule has 0 bridgehead atoms. The first-order valence-corrected chi connectivity index (χ1v) is 7.52. The minimum atomic E-state index is 0.443. The summed E-state index contributed by atoms with van der Waals surface area (Å²) in [4.78, 5) is 10.7. The Morgan fingerprint density at radius 3 is 2.70 bits per heavy atom. The van der Waals surface area contributed by atoms with Gasteiger partial charge in [0, 0.05) is 18.1 Å². The molecule has 0 saturated heterocycles. The molecule has 0 rings (SSSR count). The van der Waals surface area contributed by atoms with Crippen molar-refractivity contribution in [3.8, 4) is 0 Å². The van der Waals surface area contributed by atoms with E-state index in [1.54, 1.807) is 7.11 Å². The van der Waals surface area contributed by atoms with Crippen molar-refractivity contribution in [1.29, 1.82) is 0 Å². The molecule has 0 aromatic carbocycles. The Hall–Kier alpha value is -1.39. The van der Waals surface area contributed by atoms with Gasteiger partial charge in [-0.2, -0.15) is 0 Å². The molecule has 0 aromatic rings. The van der Waals surface area contributed by atoms with Crippen molar-refractivity contribution in [2.45, 2.75) is 12.8 Å². The van der Waals surface area contributed by atoms with Crippen LogP contribution < -0.4 is 5.32 Å². The Balaban J connectivity index is 4.79. The van der Waals surface area contributed by atoms with Crippen molar-refractivity contribution in [2.75, 3.05) is 19.0 Å². The molecule has 3 nitrogen and oxygen atoms in total. The summed E-state index contributed by atoms with van der Waals surface area (Å²) in [5.74, 6) is 0. The van der Waals surface area contributed by atoms with Crippen LogP contribution in [0.3, 0.4) is 0 Å². The van der Waals surface area contributed by atoms with Crippen molar-refractivity contribution in [3.63, 3.8) is 0 Å². The largest absolute Gasteiger partial charge is 0.381 e. The highest BCUT2D eigenvalue weighted by Gasteiger charge is 2.00. The molecule has 1 N–H and O–H groups in total. The summed E-state index contributed by atoms with van der Waals surface area (Å²) < 4.78 is 5.00. The molecular weight excluding hydrogens is 318 g/mol. The van der Waals surface area contributed by atoms with Crippen LogP contribution >= 0.6 is 15.9 Å². The van der Waals surface area contributed by atoms with Gasteiger partial charge in [-0.15, -0.1) is 6.58 Å². The molecular formula is C16H22BrNO2. The number of amides is 1. The summed E-state index contributed by atoms with van der Waals surface area (Å²) in [6, 6.07) is 0. The van der Waals surface area contributed by atoms with Crippen molar-refractivity contribution >= 4 is 22.3 Å². The summed E-state index contributed by atoms with van der Waals surface area (Å²) in [6.45, 7) is 4.12. The van der Waals surface area contributed by atoms with Crippen molar-refractivity contribution in [3.05, 3.63) is 60.4 Å². The average molecular weight is 340 g/mol. The van der Waals surface area contributed by atoms with Crippen LogP contribution in [-0.4, -0.2) is 25.5 Å². The fourth-order valence-corrected chi connectivity index (χ4v) is 1.74. The summed E-state index contributed by atoms with van der Waals surface area (Å²) in [6.07, 6.45) is 16.3. The zero-order valence-corrected chi connectivity index (χ0v) is 13.4. The van der Waals surface area contributed by atoms with Crippen LogP contribution in [0, 0.1) is 0 Å². The molecule has 4 heteroatoms. The Labute approximate surface area is 129 Å². The SMILES string of the molecule is C=CCC/C=C/C=C/C(=C/CBr)C(=C\COC)/NC=O. The number of hydrogen-bond acceptors (Lipinski definition) is 2. The maximum atomic E-state index is 10.7. The van der Waals surface area contributed by atoms with Gasteiger partial charge in [0.1, 0.15) is 0 Å². The van der Waals surface area contributed by atoms with Crippen molar-refractivity contribution in [1.82, 2.24) is 5.32 Å². The normalized spacial score (nSPS) is 13.1. The van der Waals surface area contributed by atoms with Gasteiger partial charge in [0.2, 0.25) is 6.41 Å². The fourth-order valence-electron chi connectivity index (χ4n) is 1.39. The molecule has 0 fully saturated rings. The first-order chi connectivity index (χ1) is 9.79. The molecule has 0 aliphatic rings. The maximum Gasteiger partial charge on any atom is 0.211 e. The molecule has 110 valence electrons. The molecule has 0 unspecified atom stereocenters. The second-order valence-electron chi connectivity index (χ2n) is 3.80. The Bertz CT molecular complexity index is 395. The number of rotatable bonds is 11. The van der Waals surface area contributed by atoms with Gasteiger partial charge in [-0.3, -0.25) is 4.79 Å². The lowest BCUT2D eigenvalue weighted by atomic mass is 10.1. The van der Waals surface area contributed by atoms with Gasteiger partial charge in [-0.25, -0.2) is 0 Å². The standard InChI is InChI=1S/C16H22BrNO2/c1-3-4-5-6-7-8-9-15(10-12-17)16(18-14-19)11-13-20-2/h3,6-11,14H,1,4-5,12-13H2,2H3,(H,18,19)/b7-6+,9-8+,15-10-,16-11+. The Kier molecular flexibility index (Phi) is 13.1. The number of carbonyl (C=O) groups is 1. The topological polar surface area (TPSA) is 38.3 Å². The number of halogens is 1. The van der Waals surface area contributed by atoms with Crippen LogP contribution in [0.1, 0.15) is 12.8 Å². The van der Waals surface area contributed by atoms with E-state index in [1.807, 2.05) is 36.5 Å². The van der Waals surface area contributed by atoms with Gasteiger partial charge in [0.15, 0.2) is 0 Å². The molecule has 0 spiro atoms. The number of alkyl halides is 1. The third kappa shape index (κ3) is 9.53. The minimum absolute atomic E-state index is 0.443. The van der Waals surface area contributed by atoms with Crippen molar-refractivity contribution < 1.29 is 9.53 Å². The minimum Gasteiger partial charge on any atom is -0.381 e. The fraction of sp³-hybridized carbons (Fsp3) is 0.312. The van der Waals surface area contributed by atoms with Gasteiger partial charge in [-0.1, -0.05) is 52.4 Å². The van der Waals surface area contributed by atoms with Crippen LogP contribution in [0.15, 0.2) is 60.4 Å². The molecule has 0 heterocycles. The third-order valence-corrected chi connectivity index (χ3v) is 2.66. The monoisotopic (exact) mass is 339 g/mol. The highest BCUT2D eigenvalue weighted by atomic mass is 79.9. The first kappa shape index (κ1) is 18.6. The van der Waals surface area contributed by atoms with E-state index >= 15 is 0 Å². The number of nitrogens with one attached hydrogen (secondary N) is 1. The lowest BCUT2D eigenvalue weighted by Crippen LogP contribution is -2.12. The second-order valence-corrected chi connectivity index (χ2v) is 4.45. The molecule has 20 heavy (non-hydrogen) atoms. The predicted molar refractivity (Wildman–Crippen MR) is 88.7 cm³/mol. The summed E-state index contributed by atoms with van der Waals surface area (Å²) >= 11 is 3.37. The number of hydrogen-bond donors (Lipinski definition) is 1.